The monoisotopic (exact) mass is 214 g/mol. The number of carbonyl (C=O) groups is 1. The molecule has 0 N–H and O–H groups in total. The van der Waals surface area contributed by atoms with Crippen molar-refractivity contribution in [2.24, 2.45) is 0 Å². The van der Waals surface area contributed by atoms with Crippen LogP contribution in [0.15, 0.2) is 18.2 Å². The Balaban J connectivity index is 3.22. The van der Waals surface area contributed by atoms with Crippen molar-refractivity contribution in [3.8, 4) is 0 Å². The van der Waals surface area contributed by atoms with Crippen molar-refractivity contribution < 1.29 is 14.8 Å². The Morgan fingerprint density at radius 1 is 1.50 bits per heavy atom. The third-order valence-electron chi connectivity index (χ3n) is 1.61. The highest BCUT2D eigenvalue weighted by atomic mass is 35.5. The van der Waals surface area contributed by atoms with Gasteiger partial charge in [-0.05, 0) is 6.07 Å². The highest BCUT2D eigenvalue weighted by Crippen LogP contribution is 2.26. The summed E-state index contributed by atoms with van der Waals surface area (Å²) in [6.45, 7) is 0. The lowest BCUT2D eigenvalue weighted by Crippen LogP contribution is -2.24. The molecule has 74 valence electrons. The summed E-state index contributed by atoms with van der Waals surface area (Å²) in [6, 6.07) is 3.98. The molecule has 0 bridgehead atoms. The molecule has 0 saturated heterocycles. The Bertz CT molecular complexity index is 391. The highest BCUT2D eigenvalue weighted by molar-refractivity contribution is 6.31. The van der Waals surface area contributed by atoms with E-state index < -0.39 is 17.3 Å². The highest BCUT2D eigenvalue weighted by Gasteiger charge is 2.15. The fourth-order valence-corrected chi connectivity index (χ4v) is 1.27. The minimum Gasteiger partial charge on any atom is -0.550 e. The van der Waals surface area contributed by atoms with E-state index in [0.29, 0.717) is 0 Å². The molecule has 0 spiro atoms. The second-order valence-electron chi connectivity index (χ2n) is 2.54. The van der Waals surface area contributed by atoms with Crippen molar-refractivity contribution in [1.29, 1.82) is 0 Å². The van der Waals surface area contributed by atoms with Crippen molar-refractivity contribution in [2.45, 2.75) is 6.42 Å². The molecule has 14 heavy (non-hydrogen) atoms. The minimum atomic E-state index is -1.40. The second-order valence-corrected chi connectivity index (χ2v) is 2.95. The maximum Gasteiger partial charge on any atom is 0.274 e. The van der Waals surface area contributed by atoms with Crippen LogP contribution in [0, 0.1) is 10.1 Å². The SMILES string of the molecule is O=C([O-])Cc1c(Cl)cccc1[N+](=O)[O-]. The lowest BCUT2D eigenvalue weighted by molar-refractivity contribution is -0.385. The molecule has 0 aliphatic rings. The summed E-state index contributed by atoms with van der Waals surface area (Å²) in [5.74, 6) is -1.40. The molecule has 1 aromatic rings. The van der Waals surface area contributed by atoms with Crippen LogP contribution in [-0.4, -0.2) is 10.9 Å². The number of hydrogen-bond acceptors (Lipinski definition) is 4. The number of carboxylic acid groups (broad SMARTS) is 1. The molecule has 6 heteroatoms. The molecule has 0 aliphatic carbocycles. The van der Waals surface area contributed by atoms with Gasteiger partial charge in [-0.15, -0.1) is 0 Å². The number of benzene rings is 1. The number of nitrogens with zero attached hydrogens (tertiary/aromatic N) is 1. The molecule has 1 aromatic carbocycles. The van der Waals surface area contributed by atoms with E-state index >= 15 is 0 Å². The van der Waals surface area contributed by atoms with E-state index in [2.05, 4.69) is 0 Å². The minimum absolute atomic E-state index is 0.0285. The first-order valence-electron chi connectivity index (χ1n) is 3.64. The molecule has 1 rings (SSSR count). The summed E-state index contributed by atoms with van der Waals surface area (Å²) in [5.41, 5.74) is -0.333. The van der Waals surface area contributed by atoms with Crippen LogP contribution in [0.1, 0.15) is 5.56 Å². The van der Waals surface area contributed by atoms with Crippen LogP contribution < -0.4 is 5.11 Å². The number of hydrogen-bond donors (Lipinski definition) is 0. The van der Waals surface area contributed by atoms with Crippen LogP contribution in [0.2, 0.25) is 5.02 Å². The van der Waals surface area contributed by atoms with E-state index in [1.165, 1.54) is 18.2 Å². The van der Waals surface area contributed by atoms with E-state index in [1.807, 2.05) is 0 Å². The third kappa shape index (κ3) is 2.20. The first-order chi connectivity index (χ1) is 6.52. The number of rotatable bonds is 3. The van der Waals surface area contributed by atoms with Gasteiger partial charge in [-0.1, -0.05) is 17.7 Å². The fraction of sp³-hybridized carbons (Fsp3) is 0.125. The topological polar surface area (TPSA) is 83.3 Å². The van der Waals surface area contributed by atoms with Gasteiger partial charge in [0.1, 0.15) is 0 Å². The number of halogens is 1. The van der Waals surface area contributed by atoms with Gasteiger partial charge in [0.2, 0.25) is 0 Å². The number of carbonyl (C=O) groups excluding carboxylic acids is 1. The lowest BCUT2D eigenvalue weighted by atomic mass is 10.1. The number of nitro groups is 1. The lowest BCUT2D eigenvalue weighted by Gasteiger charge is -2.05. The van der Waals surface area contributed by atoms with Crippen LogP contribution in [0.25, 0.3) is 0 Å². The van der Waals surface area contributed by atoms with Gasteiger partial charge >= 0.3 is 0 Å². The van der Waals surface area contributed by atoms with E-state index in [-0.39, 0.29) is 16.3 Å². The number of aliphatic carboxylic acids is 1. The Morgan fingerprint density at radius 2 is 2.14 bits per heavy atom. The Hall–Kier alpha value is -1.62. The summed E-state index contributed by atoms with van der Waals surface area (Å²) < 4.78 is 0. The van der Waals surface area contributed by atoms with E-state index in [9.17, 15) is 20.0 Å². The Kier molecular flexibility index (Phi) is 3.03. The van der Waals surface area contributed by atoms with Crippen molar-refractivity contribution in [3.63, 3.8) is 0 Å². The summed E-state index contributed by atoms with van der Waals surface area (Å²) in [4.78, 5) is 20.1. The molecule has 0 aliphatic heterocycles. The average Bonchev–Trinajstić information content (AvgIpc) is 2.07. The molecule has 0 heterocycles. The fourth-order valence-electron chi connectivity index (χ4n) is 1.04. The van der Waals surface area contributed by atoms with Crippen LogP contribution >= 0.6 is 11.6 Å². The molecule has 0 fully saturated rings. The predicted octanol–water partition coefficient (Wildman–Crippen LogP) is 0.541. The summed E-state index contributed by atoms with van der Waals surface area (Å²) in [5, 5.41) is 20.9. The molecule has 0 amide bonds. The number of carboxylic acids is 1. The van der Waals surface area contributed by atoms with Gasteiger partial charge in [-0.3, -0.25) is 10.1 Å². The first-order valence-corrected chi connectivity index (χ1v) is 4.02. The van der Waals surface area contributed by atoms with Crippen LogP contribution in [-0.2, 0) is 11.2 Å². The molecule has 0 radical (unpaired) electrons. The molecule has 0 saturated carbocycles. The number of nitro benzene ring substituents is 1. The second kappa shape index (κ2) is 4.06. The van der Waals surface area contributed by atoms with E-state index in [1.54, 1.807) is 0 Å². The summed E-state index contributed by atoms with van der Waals surface area (Å²) >= 11 is 5.62. The van der Waals surface area contributed by atoms with Gasteiger partial charge in [0.25, 0.3) is 5.69 Å². The van der Waals surface area contributed by atoms with Crippen molar-refractivity contribution in [2.75, 3.05) is 0 Å². The smallest absolute Gasteiger partial charge is 0.274 e. The molecular formula is C8H5ClNO4-. The maximum absolute atomic E-state index is 10.5. The van der Waals surface area contributed by atoms with Crippen molar-refractivity contribution in [3.05, 3.63) is 38.9 Å². The maximum atomic E-state index is 10.5. The predicted molar refractivity (Wildman–Crippen MR) is 46.8 cm³/mol. The largest absolute Gasteiger partial charge is 0.550 e. The van der Waals surface area contributed by atoms with Crippen molar-refractivity contribution in [1.82, 2.24) is 0 Å². The zero-order chi connectivity index (χ0) is 10.7. The Morgan fingerprint density at radius 3 is 2.64 bits per heavy atom. The normalized spacial score (nSPS) is 9.79. The summed E-state index contributed by atoms with van der Waals surface area (Å²) in [6.07, 6.45) is -0.560. The standard InChI is InChI=1S/C8H6ClNO4/c9-6-2-1-3-7(10(13)14)5(6)4-8(11)12/h1-3H,4H2,(H,11,12)/p-1. The van der Waals surface area contributed by atoms with E-state index in [4.69, 9.17) is 11.6 Å². The van der Waals surface area contributed by atoms with Crippen LogP contribution in [0.5, 0.6) is 0 Å². The van der Waals surface area contributed by atoms with Gasteiger partial charge in [-0.25, -0.2) is 0 Å². The van der Waals surface area contributed by atoms with Gasteiger partial charge in [0.05, 0.1) is 15.5 Å². The van der Waals surface area contributed by atoms with Gasteiger partial charge in [0.15, 0.2) is 0 Å². The van der Waals surface area contributed by atoms with E-state index in [0.717, 1.165) is 0 Å². The quantitative estimate of drug-likeness (QED) is 0.543. The molecule has 0 unspecified atom stereocenters. The molecule has 5 nitrogen and oxygen atoms in total. The zero-order valence-electron chi connectivity index (χ0n) is 6.90. The first kappa shape index (κ1) is 10.5. The van der Waals surface area contributed by atoms with Crippen LogP contribution in [0.4, 0.5) is 5.69 Å². The Labute approximate surface area is 84.1 Å². The van der Waals surface area contributed by atoms with Gasteiger partial charge in [-0.2, -0.15) is 0 Å². The van der Waals surface area contributed by atoms with Gasteiger partial charge < -0.3 is 9.90 Å². The van der Waals surface area contributed by atoms with Crippen LogP contribution in [0.3, 0.4) is 0 Å². The van der Waals surface area contributed by atoms with Crippen molar-refractivity contribution >= 4 is 23.3 Å². The third-order valence-corrected chi connectivity index (χ3v) is 1.97. The van der Waals surface area contributed by atoms with Gasteiger partial charge in [0, 0.05) is 18.5 Å². The molecule has 0 atom stereocenters. The summed E-state index contributed by atoms with van der Waals surface area (Å²) in [7, 11) is 0. The zero-order valence-corrected chi connectivity index (χ0v) is 7.65. The average molecular weight is 215 g/mol. The molecular weight excluding hydrogens is 210 g/mol. The molecule has 0 aromatic heterocycles.